The predicted octanol–water partition coefficient (Wildman–Crippen LogP) is 2.34. The number of carbonyl (C=O) groups excluding carboxylic acids is 1. The average molecular weight is 227 g/mol. The monoisotopic (exact) mass is 227 g/mol. The first-order chi connectivity index (χ1) is 7.61. The molecule has 2 N–H and O–H groups in total. The van der Waals surface area contributed by atoms with Crippen molar-refractivity contribution >= 4 is 5.97 Å². The van der Waals surface area contributed by atoms with Gasteiger partial charge in [0.05, 0.1) is 6.61 Å². The Kier molecular flexibility index (Phi) is 5.81. The van der Waals surface area contributed by atoms with Gasteiger partial charge in [-0.1, -0.05) is 26.7 Å². The topological polar surface area (TPSA) is 52.3 Å². The summed E-state index contributed by atoms with van der Waals surface area (Å²) >= 11 is 0. The molecule has 1 atom stereocenters. The lowest BCUT2D eigenvalue weighted by Gasteiger charge is -2.16. The molecule has 0 aromatic carbocycles. The summed E-state index contributed by atoms with van der Waals surface area (Å²) in [5, 5.41) is 0. The van der Waals surface area contributed by atoms with Crippen LogP contribution in [-0.2, 0) is 9.53 Å². The third-order valence-electron chi connectivity index (χ3n) is 3.08. The molecule has 0 amide bonds. The van der Waals surface area contributed by atoms with Crippen molar-refractivity contribution in [2.24, 2.45) is 23.5 Å². The van der Waals surface area contributed by atoms with Crippen LogP contribution < -0.4 is 5.73 Å². The summed E-state index contributed by atoms with van der Waals surface area (Å²) in [5.74, 6) is 1.63. The molecule has 1 fully saturated rings. The van der Waals surface area contributed by atoms with Gasteiger partial charge in [-0.25, -0.2) is 0 Å². The van der Waals surface area contributed by atoms with Gasteiger partial charge in [0.1, 0.15) is 0 Å². The van der Waals surface area contributed by atoms with Crippen molar-refractivity contribution in [2.75, 3.05) is 13.2 Å². The first kappa shape index (κ1) is 13.5. The fourth-order valence-electron chi connectivity index (χ4n) is 1.97. The predicted molar refractivity (Wildman–Crippen MR) is 64.9 cm³/mol. The van der Waals surface area contributed by atoms with Gasteiger partial charge in [0.25, 0.3) is 0 Å². The van der Waals surface area contributed by atoms with E-state index in [-0.39, 0.29) is 11.9 Å². The van der Waals surface area contributed by atoms with Crippen LogP contribution in [0.25, 0.3) is 0 Å². The van der Waals surface area contributed by atoms with Crippen molar-refractivity contribution < 1.29 is 9.53 Å². The van der Waals surface area contributed by atoms with Gasteiger partial charge in [-0.3, -0.25) is 4.79 Å². The minimum absolute atomic E-state index is 0.0725. The van der Waals surface area contributed by atoms with Crippen molar-refractivity contribution in [3.8, 4) is 0 Å². The van der Waals surface area contributed by atoms with Gasteiger partial charge in [-0.05, 0) is 37.1 Å². The fourth-order valence-corrected chi connectivity index (χ4v) is 1.97. The minimum atomic E-state index is -0.0725. The Morgan fingerprint density at radius 1 is 1.44 bits per heavy atom. The first-order valence-electron chi connectivity index (χ1n) is 6.47. The van der Waals surface area contributed by atoms with Gasteiger partial charge < -0.3 is 10.5 Å². The third kappa shape index (κ3) is 6.11. The van der Waals surface area contributed by atoms with E-state index in [0.29, 0.717) is 25.5 Å². The highest BCUT2D eigenvalue weighted by molar-refractivity contribution is 5.69. The van der Waals surface area contributed by atoms with E-state index < -0.39 is 0 Å². The lowest BCUT2D eigenvalue weighted by atomic mass is 9.94. The van der Waals surface area contributed by atoms with Crippen molar-refractivity contribution in [3.05, 3.63) is 0 Å². The summed E-state index contributed by atoms with van der Waals surface area (Å²) in [4.78, 5) is 11.5. The van der Waals surface area contributed by atoms with Gasteiger partial charge in [-0.2, -0.15) is 0 Å². The highest BCUT2D eigenvalue weighted by Gasteiger charge is 2.21. The Morgan fingerprint density at radius 3 is 2.62 bits per heavy atom. The maximum atomic E-state index is 11.5. The van der Waals surface area contributed by atoms with Gasteiger partial charge in [-0.15, -0.1) is 0 Å². The smallest absolute Gasteiger partial charge is 0.306 e. The Morgan fingerprint density at radius 2 is 2.12 bits per heavy atom. The van der Waals surface area contributed by atoms with Crippen molar-refractivity contribution in [2.45, 2.75) is 46.0 Å². The molecule has 0 bridgehead atoms. The molecule has 3 nitrogen and oxygen atoms in total. The van der Waals surface area contributed by atoms with E-state index in [1.165, 1.54) is 12.8 Å². The summed E-state index contributed by atoms with van der Waals surface area (Å²) in [6.07, 6.45) is 5.17. The van der Waals surface area contributed by atoms with E-state index in [0.717, 1.165) is 18.8 Å². The molecule has 1 aliphatic rings. The van der Waals surface area contributed by atoms with Gasteiger partial charge in [0.2, 0.25) is 0 Å². The molecule has 3 heteroatoms. The second-order valence-electron chi connectivity index (χ2n) is 5.39. The van der Waals surface area contributed by atoms with Crippen LogP contribution in [0.2, 0.25) is 0 Å². The molecule has 16 heavy (non-hydrogen) atoms. The molecular formula is C13H25NO2. The number of esters is 1. The Bertz CT molecular complexity index is 212. The summed E-state index contributed by atoms with van der Waals surface area (Å²) in [5.41, 5.74) is 5.65. The number of ether oxygens (including phenoxy) is 1. The molecule has 0 radical (unpaired) electrons. The van der Waals surface area contributed by atoms with E-state index in [1.54, 1.807) is 0 Å². The van der Waals surface area contributed by atoms with Crippen LogP contribution in [0.3, 0.4) is 0 Å². The van der Waals surface area contributed by atoms with Crippen LogP contribution in [0, 0.1) is 17.8 Å². The quantitative estimate of drug-likeness (QED) is 0.648. The Balaban J connectivity index is 2.09. The van der Waals surface area contributed by atoms with Crippen molar-refractivity contribution in [1.82, 2.24) is 0 Å². The molecule has 0 spiro atoms. The van der Waals surface area contributed by atoms with Crippen molar-refractivity contribution in [3.63, 3.8) is 0 Å². The highest BCUT2D eigenvalue weighted by Crippen LogP contribution is 2.32. The Labute approximate surface area is 98.7 Å². The molecule has 1 saturated carbocycles. The number of carbonyl (C=O) groups is 1. The number of rotatable bonds is 8. The number of hydrogen-bond acceptors (Lipinski definition) is 3. The largest absolute Gasteiger partial charge is 0.466 e. The van der Waals surface area contributed by atoms with Crippen molar-refractivity contribution in [1.29, 1.82) is 0 Å². The number of nitrogens with two attached hydrogens (primary N) is 1. The van der Waals surface area contributed by atoms with E-state index in [4.69, 9.17) is 10.5 Å². The molecule has 1 aliphatic carbocycles. The summed E-state index contributed by atoms with van der Waals surface area (Å²) in [6, 6.07) is 0. The molecular weight excluding hydrogens is 202 g/mol. The molecule has 94 valence electrons. The molecule has 0 aromatic heterocycles. The second kappa shape index (κ2) is 6.89. The van der Waals surface area contributed by atoms with Crippen LogP contribution in [-0.4, -0.2) is 19.1 Å². The normalized spacial score (nSPS) is 17.5. The lowest BCUT2D eigenvalue weighted by Crippen LogP contribution is -2.21. The van der Waals surface area contributed by atoms with Crippen LogP contribution in [0.15, 0.2) is 0 Å². The van der Waals surface area contributed by atoms with Gasteiger partial charge in [0, 0.05) is 6.42 Å². The summed E-state index contributed by atoms with van der Waals surface area (Å²) in [7, 11) is 0. The molecule has 0 heterocycles. The maximum absolute atomic E-state index is 11.5. The highest BCUT2D eigenvalue weighted by atomic mass is 16.5. The average Bonchev–Trinajstić information content (AvgIpc) is 3.00. The van der Waals surface area contributed by atoms with Gasteiger partial charge in [0.15, 0.2) is 0 Å². The van der Waals surface area contributed by atoms with Crippen LogP contribution in [0.4, 0.5) is 0 Å². The third-order valence-corrected chi connectivity index (χ3v) is 3.08. The SMILES string of the molecule is CC(C)C[C@H](CN)CC(=O)OCCC1CC1. The number of hydrogen-bond donors (Lipinski definition) is 1. The fraction of sp³-hybridized carbons (Fsp3) is 0.923. The summed E-state index contributed by atoms with van der Waals surface area (Å²) < 4.78 is 5.21. The molecule has 0 aromatic rings. The first-order valence-corrected chi connectivity index (χ1v) is 6.47. The molecule has 0 saturated heterocycles. The standard InChI is InChI=1S/C13H25NO2/c1-10(2)7-12(9-14)8-13(15)16-6-5-11-3-4-11/h10-12H,3-9,14H2,1-2H3/t12-/m0/s1. The maximum Gasteiger partial charge on any atom is 0.306 e. The zero-order valence-corrected chi connectivity index (χ0v) is 10.6. The van der Waals surface area contributed by atoms with Gasteiger partial charge >= 0.3 is 5.97 Å². The van der Waals surface area contributed by atoms with E-state index in [1.807, 2.05) is 0 Å². The molecule has 1 rings (SSSR count). The van der Waals surface area contributed by atoms with E-state index in [9.17, 15) is 4.79 Å². The lowest BCUT2D eigenvalue weighted by molar-refractivity contribution is -0.145. The zero-order valence-electron chi connectivity index (χ0n) is 10.6. The second-order valence-corrected chi connectivity index (χ2v) is 5.39. The minimum Gasteiger partial charge on any atom is -0.466 e. The molecule has 0 unspecified atom stereocenters. The Hall–Kier alpha value is -0.570. The van der Waals surface area contributed by atoms with Crippen LogP contribution in [0.5, 0.6) is 0 Å². The zero-order chi connectivity index (χ0) is 12.0. The molecule has 0 aliphatic heterocycles. The summed E-state index contributed by atoms with van der Waals surface area (Å²) in [6.45, 7) is 5.49. The van der Waals surface area contributed by atoms with Crippen LogP contribution >= 0.6 is 0 Å². The van der Waals surface area contributed by atoms with E-state index in [2.05, 4.69) is 13.8 Å². The van der Waals surface area contributed by atoms with Crippen LogP contribution in [0.1, 0.15) is 46.0 Å². The van der Waals surface area contributed by atoms with E-state index >= 15 is 0 Å².